The van der Waals surface area contributed by atoms with E-state index >= 15 is 0 Å². The predicted molar refractivity (Wildman–Crippen MR) is 204 cm³/mol. The second-order valence-corrected chi connectivity index (χ2v) is 13.4. The summed E-state index contributed by atoms with van der Waals surface area (Å²) in [5.41, 5.74) is 15.4. The third-order valence-corrected chi connectivity index (χ3v) is 9.17. The van der Waals surface area contributed by atoms with Gasteiger partial charge in [-0.25, -0.2) is 14.8 Å². The van der Waals surface area contributed by atoms with E-state index < -0.39 is 24.0 Å². The van der Waals surface area contributed by atoms with Crippen LogP contribution in [0.4, 0.5) is 21.3 Å². The van der Waals surface area contributed by atoms with E-state index in [0.717, 1.165) is 11.3 Å². The number of para-hydroxylation sites is 1. The maximum atomic E-state index is 13.5. The van der Waals surface area contributed by atoms with Gasteiger partial charge in [0.1, 0.15) is 5.75 Å². The average molecular weight is 743 g/mol. The van der Waals surface area contributed by atoms with Gasteiger partial charge in [-0.05, 0) is 42.8 Å². The number of nitrogens with zero attached hydrogens (tertiary/aromatic N) is 4. The molecule has 2 heterocycles. The molecule has 0 spiro atoms. The number of hydrogen-bond acceptors (Lipinski definition) is 10. The van der Waals surface area contributed by atoms with Crippen LogP contribution in [0.2, 0.25) is 0 Å². The molecule has 5 rings (SSSR count). The first-order valence-corrected chi connectivity index (χ1v) is 18.1. The van der Waals surface area contributed by atoms with Crippen LogP contribution in [0.15, 0.2) is 88.2 Å². The van der Waals surface area contributed by atoms with E-state index in [1.165, 1.54) is 16.2 Å². The van der Waals surface area contributed by atoms with Crippen molar-refractivity contribution in [1.29, 1.82) is 0 Å². The first-order valence-electron chi connectivity index (χ1n) is 16.0. The van der Waals surface area contributed by atoms with Crippen molar-refractivity contribution in [2.75, 3.05) is 42.7 Å². The van der Waals surface area contributed by atoms with Crippen LogP contribution >= 0.6 is 23.1 Å². The number of thiazole rings is 1. The summed E-state index contributed by atoms with van der Waals surface area (Å²) in [5.74, 6) is 0.359. The average Bonchev–Trinajstić information content (AvgIpc) is 3.53. The first-order chi connectivity index (χ1) is 25.0. The number of amides is 5. The molecule has 15 nitrogen and oxygen atoms in total. The zero-order valence-corrected chi connectivity index (χ0v) is 30.1. The molecule has 1 unspecified atom stereocenters. The smallest absolute Gasteiger partial charge is 0.321 e. The van der Waals surface area contributed by atoms with E-state index in [-0.39, 0.29) is 25.0 Å². The van der Waals surface area contributed by atoms with E-state index in [9.17, 15) is 19.2 Å². The Balaban J connectivity index is 1.14. The molecule has 0 fully saturated rings. The summed E-state index contributed by atoms with van der Waals surface area (Å²) in [7, 11) is 1.63. The van der Waals surface area contributed by atoms with Crippen molar-refractivity contribution in [3.05, 3.63) is 101 Å². The van der Waals surface area contributed by atoms with Gasteiger partial charge in [0.2, 0.25) is 17.2 Å². The highest BCUT2D eigenvalue weighted by Gasteiger charge is 2.31. The third-order valence-electron chi connectivity index (χ3n) is 7.39. The number of anilines is 2. The minimum Gasteiger partial charge on any atom is -0.484 e. The fourth-order valence-electron chi connectivity index (χ4n) is 5.00. The van der Waals surface area contributed by atoms with Gasteiger partial charge < -0.3 is 42.4 Å². The number of carbonyl (C=O) groups is 4. The number of ether oxygens (including phenoxy) is 1. The molecule has 4 aromatic rings. The number of thioether (sulfide) groups is 1. The van der Waals surface area contributed by atoms with Crippen LogP contribution in [0.5, 0.6) is 5.75 Å². The van der Waals surface area contributed by atoms with Gasteiger partial charge in [-0.15, -0.1) is 11.3 Å². The number of urea groups is 1. The lowest BCUT2D eigenvalue weighted by Gasteiger charge is -2.21. The largest absolute Gasteiger partial charge is 0.484 e. The number of fused-ring (bicyclic) bond motifs is 1. The molecule has 1 aromatic heterocycles. The van der Waals surface area contributed by atoms with Gasteiger partial charge in [0, 0.05) is 47.3 Å². The van der Waals surface area contributed by atoms with Crippen molar-refractivity contribution in [2.45, 2.75) is 18.8 Å². The fraction of sp³-hybridized carbons (Fsp3) is 0.229. The number of guanidine groups is 1. The van der Waals surface area contributed by atoms with Crippen molar-refractivity contribution in [2.24, 2.45) is 21.5 Å². The number of hydrogen-bond donors (Lipinski definition) is 6. The maximum absolute atomic E-state index is 13.5. The zero-order chi connectivity index (χ0) is 37.0. The van der Waals surface area contributed by atoms with Crippen molar-refractivity contribution in [1.82, 2.24) is 20.9 Å². The van der Waals surface area contributed by atoms with E-state index in [2.05, 4.69) is 31.2 Å². The molecule has 0 saturated heterocycles. The maximum Gasteiger partial charge on any atom is 0.321 e. The normalized spacial score (nSPS) is 13.6. The molecule has 17 heteroatoms. The second kappa shape index (κ2) is 17.8. The Morgan fingerprint density at radius 1 is 1.02 bits per heavy atom. The SMILES string of the molecule is Cc1cccc(NC(=O)NC2N=C(c3cccc(OCC(=O)NCC(=O)NCCSCc4csc(N=C(N)N)n4)c3)c3ccccc3N(C)C2=O)c1. The molecule has 1 aliphatic rings. The van der Waals surface area contributed by atoms with Crippen molar-refractivity contribution < 1.29 is 23.9 Å². The lowest BCUT2D eigenvalue weighted by Crippen LogP contribution is -2.47. The third kappa shape index (κ3) is 10.5. The van der Waals surface area contributed by atoms with Gasteiger partial charge in [-0.2, -0.15) is 16.8 Å². The number of carbonyl (C=O) groups excluding carboxylic acids is 4. The molecule has 5 amide bonds. The number of nitrogens with one attached hydrogen (secondary N) is 4. The number of nitrogens with two attached hydrogens (primary N) is 2. The van der Waals surface area contributed by atoms with E-state index in [1.807, 2.05) is 48.7 Å². The van der Waals surface area contributed by atoms with E-state index in [0.29, 0.717) is 57.1 Å². The van der Waals surface area contributed by atoms with Crippen LogP contribution in [0, 0.1) is 6.92 Å². The molecule has 3 aromatic carbocycles. The van der Waals surface area contributed by atoms with Gasteiger partial charge in [-0.3, -0.25) is 14.4 Å². The van der Waals surface area contributed by atoms with Crippen LogP contribution < -0.4 is 42.4 Å². The van der Waals surface area contributed by atoms with E-state index in [1.54, 1.807) is 55.2 Å². The highest BCUT2D eigenvalue weighted by Crippen LogP contribution is 2.28. The molecule has 0 radical (unpaired) electrons. The summed E-state index contributed by atoms with van der Waals surface area (Å²) >= 11 is 2.93. The molecule has 1 atom stereocenters. The van der Waals surface area contributed by atoms with Gasteiger partial charge in [0.05, 0.1) is 23.6 Å². The van der Waals surface area contributed by atoms with Crippen LogP contribution in [0.1, 0.15) is 22.4 Å². The zero-order valence-electron chi connectivity index (χ0n) is 28.4. The van der Waals surface area contributed by atoms with E-state index in [4.69, 9.17) is 21.2 Å². The molecule has 270 valence electrons. The topological polar surface area (TPSA) is 219 Å². The van der Waals surface area contributed by atoms with Crippen molar-refractivity contribution >= 4 is 75.0 Å². The molecule has 1 aliphatic heterocycles. The first kappa shape index (κ1) is 37.3. The number of benzodiazepines with no additional fused rings is 1. The molecule has 0 saturated carbocycles. The number of rotatable bonds is 14. The number of likely N-dealkylation sites (N-methyl/N-ethyl adjacent to an activating group) is 1. The molecule has 52 heavy (non-hydrogen) atoms. The Labute approximate surface area is 308 Å². The van der Waals surface area contributed by atoms with Crippen molar-refractivity contribution in [3.63, 3.8) is 0 Å². The van der Waals surface area contributed by atoms with Gasteiger partial charge in [0.15, 0.2) is 12.6 Å². The standard InChI is InChI=1S/C35H38N10O5S2/c1-21-7-5-9-23(15-21)40-34(49)43-31-32(48)45(2)27-12-4-3-11-26(27)30(42-31)22-8-6-10-25(16-22)50-18-29(47)39-17-28(46)38-13-14-51-19-24-20-52-35(41-24)44-33(36)37/h3-12,15-16,20,31H,13-14,17-19H2,1-2H3,(H,38,46)(H,39,47)(H2,40,43,49)(H4,36,37,41,44). The lowest BCUT2D eigenvalue weighted by atomic mass is 10.00. The number of aryl methyl sites for hydroxylation is 1. The lowest BCUT2D eigenvalue weighted by molar-refractivity contribution is -0.127. The van der Waals surface area contributed by atoms with Gasteiger partial charge in [0.25, 0.3) is 11.8 Å². The Hall–Kier alpha value is -5.94. The number of aliphatic imine (C=N–C) groups is 2. The molecule has 8 N–H and O–H groups in total. The summed E-state index contributed by atoms with van der Waals surface area (Å²) < 4.78 is 5.75. The quantitative estimate of drug-likeness (QED) is 0.0635. The summed E-state index contributed by atoms with van der Waals surface area (Å²) in [6.45, 7) is 1.78. The van der Waals surface area contributed by atoms with Gasteiger partial charge >= 0.3 is 6.03 Å². The van der Waals surface area contributed by atoms with Crippen LogP contribution in [0.3, 0.4) is 0 Å². The highest BCUT2D eigenvalue weighted by atomic mass is 32.2. The monoisotopic (exact) mass is 742 g/mol. The van der Waals surface area contributed by atoms with Crippen LogP contribution in [-0.2, 0) is 20.1 Å². The Bertz CT molecular complexity index is 2000. The Morgan fingerprint density at radius 2 is 1.83 bits per heavy atom. The minimum absolute atomic E-state index is 0.0465. The molecular formula is C35H38N10O5S2. The summed E-state index contributed by atoms with van der Waals surface area (Å²) in [6, 6.07) is 20.9. The van der Waals surface area contributed by atoms with Crippen LogP contribution in [-0.4, -0.2) is 79.1 Å². The molecule has 0 bridgehead atoms. The fourth-order valence-corrected chi connectivity index (χ4v) is 6.56. The highest BCUT2D eigenvalue weighted by molar-refractivity contribution is 7.98. The number of benzene rings is 3. The second-order valence-electron chi connectivity index (χ2n) is 11.4. The van der Waals surface area contributed by atoms with Crippen molar-refractivity contribution in [3.8, 4) is 5.75 Å². The minimum atomic E-state index is -1.24. The Morgan fingerprint density at radius 3 is 2.63 bits per heavy atom. The Kier molecular flexibility index (Phi) is 12.8. The van der Waals surface area contributed by atoms with Crippen LogP contribution in [0.25, 0.3) is 0 Å². The number of aromatic nitrogens is 1. The molecular weight excluding hydrogens is 705 g/mol. The molecule has 0 aliphatic carbocycles. The summed E-state index contributed by atoms with van der Waals surface area (Å²) in [6.07, 6.45) is -1.24. The summed E-state index contributed by atoms with van der Waals surface area (Å²) in [4.78, 5) is 65.7. The predicted octanol–water partition coefficient (Wildman–Crippen LogP) is 2.86. The summed E-state index contributed by atoms with van der Waals surface area (Å²) in [5, 5.41) is 13.1. The van der Waals surface area contributed by atoms with Gasteiger partial charge in [-0.1, -0.05) is 42.5 Å².